The average Bonchev–Trinajstić information content (AvgIpc) is 3.08. The molecule has 2 aliphatic heterocycles. The summed E-state index contributed by atoms with van der Waals surface area (Å²) in [6, 6.07) is 8.84. The predicted octanol–water partition coefficient (Wildman–Crippen LogP) is 3.23. The third kappa shape index (κ3) is 3.78. The van der Waals surface area contributed by atoms with Crippen LogP contribution in [0, 0.1) is 0 Å². The number of carbonyl (C=O) groups excluding carboxylic acids is 1. The minimum absolute atomic E-state index is 0.326. The molecule has 114 valence electrons. The molecule has 0 saturated carbocycles. The van der Waals surface area contributed by atoms with Gasteiger partial charge in [-0.1, -0.05) is 12.1 Å². The molecule has 3 nitrogen and oxygen atoms in total. The van der Waals surface area contributed by atoms with Gasteiger partial charge in [0, 0.05) is 38.3 Å². The Morgan fingerprint density at radius 2 is 1.48 bits per heavy atom. The smallest absolute Gasteiger partial charge is 0.222 e. The van der Waals surface area contributed by atoms with Gasteiger partial charge in [0.15, 0.2) is 0 Å². The van der Waals surface area contributed by atoms with Gasteiger partial charge in [0.05, 0.1) is 0 Å². The van der Waals surface area contributed by atoms with Crippen LogP contribution < -0.4 is 4.90 Å². The lowest BCUT2D eigenvalue weighted by atomic mass is 10.1. The second-order valence-corrected chi connectivity index (χ2v) is 6.30. The minimum atomic E-state index is 0.326. The summed E-state index contributed by atoms with van der Waals surface area (Å²) in [6.07, 6.45) is 7.87. The van der Waals surface area contributed by atoms with Crippen molar-refractivity contribution in [1.82, 2.24) is 4.90 Å². The van der Waals surface area contributed by atoms with Crippen LogP contribution in [0.1, 0.15) is 44.1 Å². The molecule has 0 atom stereocenters. The fourth-order valence-electron chi connectivity index (χ4n) is 3.40. The molecule has 0 aliphatic carbocycles. The number of carbonyl (C=O) groups is 1. The van der Waals surface area contributed by atoms with Gasteiger partial charge in [-0.3, -0.25) is 4.79 Å². The molecule has 0 unspecified atom stereocenters. The van der Waals surface area contributed by atoms with Crippen LogP contribution in [-0.2, 0) is 11.2 Å². The number of benzene rings is 1. The van der Waals surface area contributed by atoms with Gasteiger partial charge in [0.2, 0.25) is 5.91 Å². The van der Waals surface area contributed by atoms with Crippen LogP contribution in [0.25, 0.3) is 0 Å². The molecule has 1 amide bonds. The van der Waals surface area contributed by atoms with Crippen molar-refractivity contribution in [2.24, 2.45) is 0 Å². The lowest BCUT2D eigenvalue weighted by Gasteiger charge is -2.28. The van der Waals surface area contributed by atoms with Gasteiger partial charge in [0.25, 0.3) is 0 Å². The normalized spacial score (nSPS) is 19.0. The van der Waals surface area contributed by atoms with Crippen molar-refractivity contribution < 1.29 is 4.79 Å². The highest BCUT2D eigenvalue weighted by atomic mass is 16.2. The van der Waals surface area contributed by atoms with E-state index in [0.29, 0.717) is 12.3 Å². The molecule has 1 aromatic carbocycles. The molecule has 3 rings (SSSR count). The van der Waals surface area contributed by atoms with Gasteiger partial charge < -0.3 is 9.80 Å². The predicted molar refractivity (Wildman–Crippen MR) is 86.6 cm³/mol. The highest BCUT2D eigenvalue weighted by molar-refractivity contribution is 5.76. The summed E-state index contributed by atoms with van der Waals surface area (Å²) in [7, 11) is 0. The van der Waals surface area contributed by atoms with Crippen LogP contribution in [0.5, 0.6) is 0 Å². The molecule has 2 heterocycles. The van der Waals surface area contributed by atoms with Crippen LogP contribution in [0.4, 0.5) is 5.69 Å². The summed E-state index contributed by atoms with van der Waals surface area (Å²) < 4.78 is 0. The summed E-state index contributed by atoms with van der Waals surface area (Å²) in [6.45, 7) is 4.30. The van der Waals surface area contributed by atoms with Crippen molar-refractivity contribution in [3.8, 4) is 0 Å². The van der Waals surface area contributed by atoms with Crippen LogP contribution in [0.2, 0.25) is 0 Å². The number of rotatable bonds is 4. The lowest BCUT2D eigenvalue weighted by Crippen LogP contribution is -2.29. The molecule has 21 heavy (non-hydrogen) atoms. The number of likely N-dealkylation sites (tertiary alicyclic amines) is 1. The summed E-state index contributed by atoms with van der Waals surface area (Å²) >= 11 is 0. The summed E-state index contributed by atoms with van der Waals surface area (Å²) in [5.41, 5.74) is 2.62. The molecule has 0 radical (unpaired) electrons. The molecule has 0 bridgehead atoms. The third-order valence-corrected chi connectivity index (χ3v) is 4.74. The number of piperidine rings is 1. The fourth-order valence-corrected chi connectivity index (χ4v) is 3.40. The third-order valence-electron chi connectivity index (χ3n) is 4.74. The highest BCUT2D eigenvalue weighted by Gasteiger charge is 2.17. The Morgan fingerprint density at radius 3 is 2.14 bits per heavy atom. The molecular formula is C18H26N2O. The van der Waals surface area contributed by atoms with E-state index < -0.39 is 0 Å². The first-order valence-electron chi connectivity index (χ1n) is 8.44. The van der Waals surface area contributed by atoms with Crippen molar-refractivity contribution in [1.29, 1.82) is 0 Å². The van der Waals surface area contributed by atoms with E-state index in [9.17, 15) is 4.79 Å². The SMILES string of the molecule is O=C(CCc1ccc(N2CCCCC2)cc1)N1CCCC1. The number of hydrogen-bond acceptors (Lipinski definition) is 2. The number of hydrogen-bond donors (Lipinski definition) is 0. The van der Waals surface area contributed by atoms with Crippen molar-refractivity contribution in [3.63, 3.8) is 0 Å². The topological polar surface area (TPSA) is 23.6 Å². The van der Waals surface area contributed by atoms with E-state index in [0.717, 1.165) is 19.5 Å². The van der Waals surface area contributed by atoms with E-state index in [4.69, 9.17) is 0 Å². The maximum atomic E-state index is 12.1. The molecular weight excluding hydrogens is 260 g/mol. The van der Waals surface area contributed by atoms with E-state index in [1.807, 2.05) is 4.90 Å². The summed E-state index contributed by atoms with van der Waals surface area (Å²) in [4.78, 5) is 16.5. The minimum Gasteiger partial charge on any atom is -0.372 e. The summed E-state index contributed by atoms with van der Waals surface area (Å²) in [5, 5.41) is 0. The quantitative estimate of drug-likeness (QED) is 0.848. The molecule has 0 spiro atoms. The van der Waals surface area contributed by atoms with Crippen LogP contribution in [0.3, 0.4) is 0 Å². The fraction of sp³-hybridized carbons (Fsp3) is 0.611. The zero-order chi connectivity index (χ0) is 14.5. The highest BCUT2D eigenvalue weighted by Crippen LogP contribution is 2.21. The first kappa shape index (κ1) is 14.4. The van der Waals surface area contributed by atoms with Crippen LogP contribution >= 0.6 is 0 Å². The zero-order valence-corrected chi connectivity index (χ0v) is 12.9. The second kappa shape index (κ2) is 6.97. The van der Waals surface area contributed by atoms with Gasteiger partial charge in [0.1, 0.15) is 0 Å². The Morgan fingerprint density at radius 1 is 0.857 bits per heavy atom. The van der Waals surface area contributed by atoms with Crippen LogP contribution in [-0.4, -0.2) is 37.0 Å². The molecule has 2 saturated heterocycles. The zero-order valence-electron chi connectivity index (χ0n) is 12.9. The van der Waals surface area contributed by atoms with Crippen molar-refractivity contribution in [3.05, 3.63) is 29.8 Å². The van der Waals surface area contributed by atoms with E-state index in [1.165, 1.54) is 56.4 Å². The number of aryl methyl sites for hydroxylation is 1. The molecule has 2 aliphatic rings. The molecule has 0 N–H and O–H groups in total. The molecule has 2 fully saturated rings. The Balaban J connectivity index is 1.50. The first-order valence-corrected chi connectivity index (χ1v) is 8.44. The van der Waals surface area contributed by atoms with E-state index in [1.54, 1.807) is 0 Å². The Hall–Kier alpha value is -1.51. The molecule has 3 heteroatoms. The Kier molecular flexibility index (Phi) is 4.79. The van der Waals surface area contributed by atoms with Gasteiger partial charge in [-0.05, 0) is 56.2 Å². The first-order chi connectivity index (χ1) is 10.3. The van der Waals surface area contributed by atoms with Crippen molar-refractivity contribution >= 4 is 11.6 Å². The van der Waals surface area contributed by atoms with E-state index in [2.05, 4.69) is 29.2 Å². The average molecular weight is 286 g/mol. The monoisotopic (exact) mass is 286 g/mol. The van der Waals surface area contributed by atoms with Crippen molar-refractivity contribution in [2.45, 2.75) is 44.9 Å². The van der Waals surface area contributed by atoms with E-state index in [-0.39, 0.29) is 0 Å². The Labute approximate surface area is 127 Å². The molecule has 0 aromatic heterocycles. The van der Waals surface area contributed by atoms with Crippen molar-refractivity contribution in [2.75, 3.05) is 31.1 Å². The van der Waals surface area contributed by atoms with Gasteiger partial charge in [-0.2, -0.15) is 0 Å². The maximum absolute atomic E-state index is 12.1. The van der Waals surface area contributed by atoms with Gasteiger partial charge in [-0.25, -0.2) is 0 Å². The largest absolute Gasteiger partial charge is 0.372 e. The lowest BCUT2D eigenvalue weighted by molar-refractivity contribution is -0.130. The van der Waals surface area contributed by atoms with Crippen LogP contribution in [0.15, 0.2) is 24.3 Å². The standard InChI is InChI=1S/C18H26N2O/c21-18(20-14-4-5-15-20)11-8-16-6-9-17(10-7-16)19-12-2-1-3-13-19/h6-7,9-10H,1-5,8,11-15H2. The number of amides is 1. The van der Waals surface area contributed by atoms with E-state index >= 15 is 0 Å². The molecule has 1 aromatic rings. The number of anilines is 1. The van der Waals surface area contributed by atoms with Gasteiger partial charge in [-0.15, -0.1) is 0 Å². The summed E-state index contributed by atoms with van der Waals surface area (Å²) in [5.74, 6) is 0.326. The number of nitrogens with zero attached hydrogens (tertiary/aromatic N) is 2. The van der Waals surface area contributed by atoms with Gasteiger partial charge >= 0.3 is 0 Å². The maximum Gasteiger partial charge on any atom is 0.222 e. The second-order valence-electron chi connectivity index (χ2n) is 6.30. The Bertz CT molecular complexity index is 457.